The molecule has 2 saturated heterocycles. The van der Waals surface area contributed by atoms with Gasteiger partial charge in [0.05, 0.1) is 13.2 Å². The molecular weight excluding hydrogens is 270 g/mol. The molecule has 2 fully saturated rings. The first-order valence-electron chi connectivity index (χ1n) is 7.57. The molecule has 1 aromatic rings. The number of hydrogen-bond acceptors (Lipinski definition) is 4. The number of piperidine rings is 1. The second kappa shape index (κ2) is 5.34. The summed E-state index contributed by atoms with van der Waals surface area (Å²) in [6.45, 7) is 4.92. The van der Waals surface area contributed by atoms with Crippen molar-refractivity contribution < 1.29 is 9.47 Å². The summed E-state index contributed by atoms with van der Waals surface area (Å²) in [6, 6.07) is 8.87. The molecule has 0 aliphatic carbocycles. The van der Waals surface area contributed by atoms with Crippen molar-refractivity contribution in [2.45, 2.75) is 29.4 Å². The van der Waals surface area contributed by atoms with E-state index in [-0.39, 0.29) is 5.79 Å². The van der Waals surface area contributed by atoms with E-state index < -0.39 is 0 Å². The van der Waals surface area contributed by atoms with E-state index >= 15 is 0 Å². The molecule has 0 radical (unpaired) electrons. The topological polar surface area (TPSA) is 21.7 Å². The summed E-state index contributed by atoms with van der Waals surface area (Å²) in [6.07, 6.45) is 2.04. The zero-order chi connectivity index (χ0) is 13.4. The largest absolute Gasteiger partial charge is 0.347 e. The Morgan fingerprint density at radius 2 is 1.90 bits per heavy atom. The average Bonchev–Trinajstić information content (AvgIpc) is 3.10. The fourth-order valence-electron chi connectivity index (χ4n) is 3.55. The third kappa shape index (κ3) is 2.39. The Labute approximate surface area is 124 Å². The number of nitrogens with zero attached hydrogens (tertiary/aromatic N) is 1. The van der Waals surface area contributed by atoms with Gasteiger partial charge in [-0.3, -0.25) is 0 Å². The molecule has 0 aromatic heterocycles. The molecule has 0 N–H and O–H groups in total. The van der Waals surface area contributed by atoms with Gasteiger partial charge in [0, 0.05) is 49.0 Å². The first-order chi connectivity index (χ1) is 9.85. The molecule has 3 aliphatic heterocycles. The molecule has 4 rings (SSSR count). The van der Waals surface area contributed by atoms with Crippen LogP contribution in [0.15, 0.2) is 29.2 Å². The van der Waals surface area contributed by atoms with Gasteiger partial charge in [0.2, 0.25) is 0 Å². The lowest BCUT2D eigenvalue weighted by Gasteiger charge is -2.38. The number of benzene rings is 1. The fraction of sp³-hybridized carbons (Fsp3) is 0.625. The standard InChI is InChI=1S/C16H21NO2S/c1-2-4-15-14(3-1)13(12-20-15)11-17-7-5-16(6-8-17)18-9-10-19-16/h1-4,13H,5-12H2. The van der Waals surface area contributed by atoms with Gasteiger partial charge in [-0.1, -0.05) is 18.2 Å². The maximum Gasteiger partial charge on any atom is 0.170 e. The number of fused-ring (bicyclic) bond motifs is 1. The molecule has 3 nitrogen and oxygen atoms in total. The number of likely N-dealkylation sites (tertiary alicyclic amines) is 1. The van der Waals surface area contributed by atoms with Crippen LogP contribution in [-0.2, 0) is 9.47 Å². The minimum Gasteiger partial charge on any atom is -0.347 e. The van der Waals surface area contributed by atoms with Gasteiger partial charge in [-0.2, -0.15) is 0 Å². The summed E-state index contributed by atoms with van der Waals surface area (Å²) in [7, 11) is 0. The van der Waals surface area contributed by atoms with Crippen LogP contribution in [0.5, 0.6) is 0 Å². The minimum absolute atomic E-state index is 0.237. The number of ether oxygens (including phenoxy) is 2. The fourth-order valence-corrected chi connectivity index (χ4v) is 4.80. The van der Waals surface area contributed by atoms with Crippen molar-refractivity contribution in [3.05, 3.63) is 29.8 Å². The predicted molar refractivity (Wildman–Crippen MR) is 80.2 cm³/mol. The Hall–Kier alpha value is -0.550. The van der Waals surface area contributed by atoms with Gasteiger partial charge in [0.25, 0.3) is 0 Å². The number of thioether (sulfide) groups is 1. The Balaban J connectivity index is 1.37. The summed E-state index contributed by atoms with van der Waals surface area (Å²) in [5, 5.41) is 0. The second-order valence-electron chi connectivity index (χ2n) is 5.95. The lowest BCUT2D eigenvalue weighted by Crippen LogP contribution is -2.46. The van der Waals surface area contributed by atoms with Crippen LogP contribution in [-0.4, -0.2) is 49.3 Å². The quantitative estimate of drug-likeness (QED) is 0.835. The molecule has 0 saturated carbocycles. The number of hydrogen-bond donors (Lipinski definition) is 0. The van der Waals surface area contributed by atoms with E-state index in [4.69, 9.17) is 9.47 Å². The van der Waals surface area contributed by atoms with E-state index in [1.165, 1.54) is 17.2 Å². The Bertz CT molecular complexity index is 477. The summed E-state index contributed by atoms with van der Waals surface area (Å²) < 4.78 is 11.6. The van der Waals surface area contributed by atoms with Crippen molar-refractivity contribution in [2.75, 3.05) is 38.6 Å². The van der Waals surface area contributed by atoms with Gasteiger partial charge in [0.15, 0.2) is 5.79 Å². The predicted octanol–water partition coefficient (Wildman–Crippen LogP) is 2.71. The van der Waals surface area contributed by atoms with Crippen molar-refractivity contribution in [2.24, 2.45) is 0 Å². The zero-order valence-corrected chi connectivity index (χ0v) is 12.5. The lowest BCUT2D eigenvalue weighted by molar-refractivity contribution is -0.185. The Morgan fingerprint density at radius 1 is 1.15 bits per heavy atom. The third-order valence-electron chi connectivity index (χ3n) is 4.71. The Kier molecular flexibility index (Phi) is 3.50. The molecule has 1 atom stereocenters. The maximum atomic E-state index is 5.80. The van der Waals surface area contributed by atoms with E-state index in [1.807, 2.05) is 11.8 Å². The van der Waals surface area contributed by atoms with Crippen LogP contribution >= 0.6 is 11.8 Å². The zero-order valence-electron chi connectivity index (χ0n) is 11.7. The van der Waals surface area contributed by atoms with E-state index in [0.29, 0.717) is 5.92 Å². The van der Waals surface area contributed by atoms with Crippen LogP contribution in [0.2, 0.25) is 0 Å². The molecule has 1 aromatic carbocycles. The SMILES string of the molecule is c1ccc2c(c1)SCC2CN1CCC2(CC1)OCCO2. The molecular formula is C16H21NO2S. The van der Waals surface area contributed by atoms with Crippen LogP contribution in [0.1, 0.15) is 24.3 Å². The first kappa shape index (κ1) is 13.1. The van der Waals surface area contributed by atoms with Crippen molar-refractivity contribution in [1.29, 1.82) is 0 Å². The first-order valence-corrected chi connectivity index (χ1v) is 8.55. The van der Waals surface area contributed by atoms with Crippen molar-refractivity contribution >= 4 is 11.8 Å². The summed E-state index contributed by atoms with van der Waals surface area (Å²) in [4.78, 5) is 4.07. The molecule has 20 heavy (non-hydrogen) atoms. The minimum atomic E-state index is -0.237. The molecule has 108 valence electrons. The van der Waals surface area contributed by atoms with Crippen molar-refractivity contribution in [3.8, 4) is 0 Å². The van der Waals surface area contributed by atoms with Crippen LogP contribution in [0.4, 0.5) is 0 Å². The van der Waals surface area contributed by atoms with Gasteiger partial charge in [-0.05, 0) is 11.6 Å². The molecule has 0 bridgehead atoms. The molecule has 4 heteroatoms. The van der Waals surface area contributed by atoms with E-state index in [2.05, 4.69) is 29.2 Å². The van der Waals surface area contributed by atoms with Crippen LogP contribution in [0.25, 0.3) is 0 Å². The van der Waals surface area contributed by atoms with E-state index in [1.54, 1.807) is 5.56 Å². The molecule has 3 heterocycles. The van der Waals surface area contributed by atoms with Crippen LogP contribution in [0.3, 0.4) is 0 Å². The van der Waals surface area contributed by atoms with E-state index in [0.717, 1.165) is 39.1 Å². The normalized spacial score (nSPS) is 28.9. The van der Waals surface area contributed by atoms with Crippen LogP contribution in [0, 0.1) is 0 Å². The van der Waals surface area contributed by atoms with E-state index in [9.17, 15) is 0 Å². The van der Waals surface area contributed by atoms with Gasteiger partial charge in [-0.15, -0.1) is 11.8 Å². The highest BCUT2D eigenvalue weighted by molar-refractivity contribution is 7.99. The molecule has 1 spiro atoms. The highest BCUT2D eigenvalue weighted by atomic mass is 32.2. The van der Waals surface area contributed by atoms with Gasteiger partial charge in [0.1, 0.15) is 0 Å². The smallest absolute Gasteiger partial charge is 0.170 e. The van der Waals surface area contributed by atoms with Gasteiger partial charge in [-0.25, -0.2) is 0 Å². The lowest BCUT2D eigenvalue weighted by atomic mass is 9.98. The molecule has 3 aliphatic rings. The van der Waals surface area contributed by atoms with Gasteiger partial charge < -0.3 is 14.4 Å². The highest BCUT2D eigenvalue weighted by Gasteiger charge is 2.40. The monoisotopic (exact) mass is 291 g/mol. The maximum absolute atomic E-state index is 5.80. The van der Waals surface area contributed by atoms with Crippen molar-refractivity contribution in [3.63, 3.8) is 0 Å². The summed E-state index contributed by atoms with van der Waals surface area (Å²) in [5.41, 5.74) is 1.55. The molecule has 0 amide bonds. The summed E-state index contributed by atoms with van der Waals surface area (Å²) >= 11 is 2.01. The van der Waals surface area contributed by atoms with Crippen LogP contribution < -0.4 is 0 Å². The third-order valence-corrected chi connectivity index (χ3v) is 5.96. The highest BCUT2D eigenvalue weighted by Crippen LogP contribution is 2.40. The Morgan fingerprint density at radius 3 is 2.70 bits per heavy atom. The van der Waals surface area contributed by atoms with Crippen molar-refractivity contribution in [1.82, 2.24) is 4.90 Å². The molecule has 1 unspecified atom stereocenters. The summed E-state index contributed by atoms with van der Waals surface area (Å²) in [5.74, 6) is 1.68. The number of rotatable bonds is 2. The van der Waals surface area contributed by atoms with Gasteiger partial charge >= 0.3 is 0 Å². The average molecular weight is 291 g/mol. The second-order valence-corrected chi connectivity index (χ2v) is 7.02.